The minimum atomic E-state index is -1.01. The predicted molar refractivity (Wildman–Crippen MR) is 155 cm³/mol. The van der Waals surface area contributed by atoms with Crippen molar-refractivity contribution in [1.82, 2.24) is 24.6 Å². The third kappa shape index (κ3) is 5.38. The number of carboxylic acids is 1. The van der Waals surface area contributed by atoms with E-state index in [9.17, 15) is 14.7 Å². The predicted octanol–water partition coefficient (Wildman–Crippen LogP) is 3.92. The molecule has 6 rings (SSSR count). The van der Waals surface area contributed by atoms with Crippen LogP contribution in [0, 0.1) is 5.92 Å². The molecule has 216 valence electrons. The Hall–Kier alpha value is -3.28. The Balaban J connectivity index is 1.34. The molecular weight excluding hydrogens is 540 g/mol. The van der Waals surface area contributed by atoms with E-state index in [1.54, 1.807) is 29.1 Å². The number of nitrogens with zero attached hydrogens (tertiary/aromatic N) is 6. The van der Waals surface area contributed by atoms with Gasteiger partial charge >= 0.3 is 5.97 Å². The van der Waals surface area contributed by atoms with Gasteiger partial charge in [0.25, 0.3) is 5.91 Å². The summed E-state index contributed by atoms with van der Waals surface area (Å²) in [5, 5.41) is 19.3. The molecule has 0 saturated carbocycles. The fourth-order valence-electron chi connectivity index (χ4n) is 6.27. The number of carbonyl (C=O) groups is 2. The van der Waals surface area contributed by atoms with Gasteiger partial charge in [-0.3, -0.25) is 14.6 Å². The van der Waals surface area contributed by atoms with Crippen molar-refractivity contribution >= 4 is 29.5 Å². The van der Waals surface area contributed by atoms with Crippen LogP contribution in [0.15, 0.2) is 35.6 Å². The van der Waals surface area contributed by atoms with Gasteiger partial charge in [-0.1, -0.05) is 13.8 Å². The lowest BCUT2D eigenvalue weighted by molar-refractivity contribution is -0.0612. The summed E-state index contributed by atoms with van der Waals surface area (Å²) in [6.07, 6.45) is 4.69. The minimum Gasteiger partial charge on any atom is -0.478 e. The summed E-state index contributed by atoms with van der Waals surface area (Å²) in [6.45, 7) is 8.17. The zero-order valence-electron chi connectivity index (χ0n) is 23.8. The minimum absolute atomic E-state index is 0.177. The summed E-state index contributed by atoms with van der Waals surface area (Å²) in [4.78, 5) is 35.1. The zero-order chi connectivity index (χ0) is 28.7. The second kappa shape index (κ2) is 11.2. The van der Waals surface area contributed by atoms with E-state index in [0.29, 0.717) is 49.0 Å². The van der Waals surface area contributed by atoms with Gasteiger partial charge in [0.1, 0.15) is 18.0 Å². The Bertz CT molecular complexity index is 1490. The average molecular weight is 577 g/mol. The number of hydrogen-bond acceptors (Lipinski definition) is 8. The SMILES string of the molecule is CCSc1cc(C2(Cc3nncn3C)COC2)cc(N2Cc3c(C(=O)O)cc(CN4CCC[C@H](C)C4)cc3C2=O)n1. The van der Waals surface area contributed by atoms with E-state index in [4.69, 9.17) is 9.72 Å². The first-order valence-corrected chi connectivity index (χ1v) is 15.2. The third-order valence-corrected chi connectivity index (χ3v) is 9.30. The molecule has 0 unspecified atom stereocenters. The largest absolute Gasteiger partial charge is 0.478 e. The number of likely N-dealkylation sites (tertiary alicyclic amines) is 1. The van der Waals surface area contributed by atoms with E-state index in [1.807, 2.05) is 23.7 Å². The smallest absolute Gasteiger partial charge is 0.336 e. The monoisotopic (exact) mass is 576 g/mol. The number of carboxylic acid groups (broad SMARTS) is 1. The van der Waals surface area contributed by atoms with Crippen molar-refractivity contribution in [2.24, 2.45) is 13.0 Å². The van der Waals surface area contributed by atoms with Crippen molar-refractivity contribution in [2.45, 2.75) is 56.6 Å². The molecule has 10 nitrogen and oxygen atoms in total. The van der Waals surface area contributed by atoms with Crippen LogP contribution in [0.3, 0.4) is 0 Å². The van der Waals surface area contributed by atoms with Crippen LogP contribution in [0.4, 0.5) is 5.82 Å². The Kier molecular flexibility index (Phi) is 7.60. The average Bonchev–Trinajstić information content (AvgIpc) is 3.48. The first kappa shape index (κ1) is 27.9. The summed E-state index contributed by atoms with van der Waals surface area (Å²) in [5.74, 6) is 1.62. The highest BCUT2D eigenvalue weighted by Crippen LogP contribution is 2.40. The molecule has 1 N–H and O–H groups in total. The fourth-order valence-corrected chi connectivity index (χ4v) is 6.93. The molecular formula is C30H36N6O4S. The van der Waals surface area contributed by atoms with Crippen LogP contribution in [0.2, 0.25) is 0 Å². The van der Waals surface area contributed by atoms with Gasteiger partial charge in [-0.2, -0.15) is 0 Å². The number of thioether (sulfide) groups is 1. The summed E-state index contributed by atoms with van der Waals surface area (Å²) in [7, 11) is 1.93. The summed E-state index contributed by atoms with van der Waals surface area (Å²) in [5.41, 5.74) is 2.81. The molecule has 3 aliphatic rings. The van der Waals surface area contributed by atoms with Gasteiger partial charge in [-0.05, 0) is 72.0 Å². The molecule has 1 atom stereocenters. The topological polar surface area (TPSA) is 114 Å². The van der Waals surface area contributed by atoms with E-state index in [2.05, 4.69) is 35.0 Å². The highest BCUT2D eigenvalue weighted by molar-refractivity contribution is 7.99. The van der Waals surface area contributed by atoms with Crippen LogP contribution in [-0.4, -0.2) is 73.7 Å². The molecule has 2 fully saturated rings. The second-order valence-corrected chi connectivity index (χ2v) is 12.9. The summed E-state index contributed by atoms with van der Waals surface area (Å²) < 4.78 is 7.62. The highest BCUT2D eigenvalue weighted by atomic mass is 32.2. The lowest BCUT2D eigenvalue weighted by Gasteiger charge is -2.42. The number of rotatable bonds is 9. The molecule has 0 radical (unpaired) electrons. The zero-order valence-corrected chi connectivity index (χ0v) is 24.6. The first-order valence-electron chi connectivity index (χ1n) is 14.3. The molecule has 5 heterocycles. The van der Waals surface area contributed by atoms with Crippen LogP contribution in [-0.2, 0) is 36.7 Å². The van der Waals surface area contributed by atoms with E-state index in [-0.39, 0.29) is 23.4 Å². The number of ether oxygens (including phenoxy) is 1. The molecule has 0 spiro atoms. The molecule has 1 amide bonds. The quantitative estimate of drug-likeness (QED) is 0.379. The molecule has 2 saturated heterocycles. The van der Waals surface area contributed by atoms with Crippen molar-refractivity contribution in [3.05, 3.63) is 64.2 Å². The molecule has 0 bridgehead atoms. The fraction of sp³-hybridized carbons (Fsp3) is 0.500. The van der Waals surface area contributed by atoms with Crippen molar-refractivity contribution in [2.75, 3.05) is 37.0 Å². The van der Waals surface area contributed by atoms with Gasteiger partial charge in [0.15, 0.2) is 0 Å². The number of aryl methyl sites for hydroxylation is 1. The molecule has 3 aromatic rings. The number of aromatic nitrogens is 4. The number of hydrogen-bond donors (Lipinski definition) is 1. The van der Waals surface area contributed by atoms with Gasteiger partial charge in [-0.15, -0.1) is 22.0 Å². The van der Waals surface area contributed by atoms with Gasteiger partial charge in [0, 0.05) is 37.5 Å². The molecule has 2 aromatic heterocycles. The maximum absolute atomic E-state index is 13.9. The number of fused-ring (bicyclic) bond motifs is 1. The van der Waals surface area contributed by atoms with E-state index < -0.39 is 5.97 Å². The number of piperidine rings is 1. The van der Waals surface area contributed by atoms with Crippen LogP contribution in [0.25, 0.3) is 0 Å². The second-order valence-electron chi connectivity index (χ2n) is 11.6. The van der Waals surface area contributed by atoms with E-state index in [1.165, 1.54) is 6.42 Å². The number of carbonyl (C=O) groups excluding carboxylic acids is 1. The van der Waals surface area contributed by atoms with Gasteiger partial charge in [-0.25, -0.2) is 9.78 Å². The van der Waals surface area contributed by atoms with Crippen molar-refractivity contribution in [1.29, 1.82) is 0 Å². The number of amides is 1. The maximum atomic E-state index is 13.9. The molecule has 3 aliphatic heterocycles. The van der Waals surface area contributed by atoms with Crippen molar-refractivity contribution in [3.8, 4) is 0 Å². The Labute approximate surface area is 244 Å². The van der Waals surface area contributed by atoms with Crippen molar-refractivity contribution in [3.63, 3.8) is 0 Å². The molecule has 11 heteroatoms. The third-order valence-electron chi connectivity index (χ3n) is 8.51. The number of anilines is 1. The van der Waals surface area contributed by atoms with Gasteiger partial charge in [0.2, 0.25) is 0 Å². The van der Waals surface area contributed by atoms with E-state index >= 15 is 0 Å². The number of aromatic carboxylic acids is 1. The molecule has 1 aromatic carbocycles. The maximum Gasteiger partial charge on any atom is 0.336 e. The molecule has 41 heavy (non-hydrogen) atoms. The van der Waals surface area contributed by atoms with Crippen LogP contribution in [0.5, 0.6) is 0 Å². The van der Waals surface area contributed by atoms with Crippen LogP contribution in [0.1, 0.15) is 69.9 Å². The molecule has 0 aliphatic carbocycles. The van der Waals surface area contributed by atoms with E-state index in [0.717, 1.165) is 47.2 Å². The van der Waals surface area contributed by atoms with Gasteiger partial charge < -0.3 is 14.4 Å². The Morgan fingerprint density at radius 3 is 2.73 bits per heavy atom. The summed E-state index contributed by atoms with van der Waals surface area (Å²) in [6, 6.07) is 7.70. The highest BCUT2D eigenvalue weighted by Gasteiger charge is 2.43. The standard InChI is InChI=1S/C30H36N6O4S/c1-4-41-27-11-21(30(16-40-17-30)12-26-33-31-18-34(26)3)10-25(32-27)36-15-24-22(28(36)37)8-20(9-23(24)29(38)39)14-35-7-5-6-19(2)13-35/h8-11,18-19H,4-7,12-17H2,1-3H3,(H,38,39)/t19-/m0/s1. The Morgan fingerprint density at radius 1 is 1.24 bits per heavy atom. The van der Waals surface area contributed by atoms with Gasteiger partial charge in [0.05, 0.1) is 30.3 Å². The number of pyridine rings is 1. The number of benzene rings is 1. The lowest BCUT2D eigenvalue weighted by Crippen LogP contribution is -2.49. The van der Waals surface area contributed by atoms with Crippen molar-refractivity contribution < 1.29 is 19.4 Å². The Morgan fingerprint density at radius 2 is 2.07 bits per heavy atom. The lowest BCUT2D eigenvalue weighted by atomic mass is 9.76. The van der Waals surface area contributed by atoms with Crippen LogP contribution >= 0.6 is 11.8 Å². The normalized spacial score (nSPS) is 20.2. The summed E-state index contributed by atoms with van der Waals surface area (Å²) >= 11 is 1.62. The first-order chi connectivity index (χ1) is 19.8. The van der Waals surface area contributed by atoms with Crippen LogP contribution < -0.4 is 4.90 Å².